The van der Waals surface area contributed by atoms with Crippen LogP contribution < -0.4 is 5.32 Å². The number of imidazole rings is 1. The maximum absolute atomic E-state index is 13.8. The second-order valence-electron chi connectivity index (χ2n) is 8.03. The van der Waals surface area contributed by atoms with Gasteiger partial charge in [-0.2, -0.15) is 0 Å². The second kappa shape index (κ2) is 8.68. The van der Waals surface area contributed by atoms with E-state index in [1.165, 1.54) is 34.8 Å². The summed E-state index contributed by atoms with van der Waals surface area (Å²) in [5, 5.41) is 5.63. The second-order valence-corrected chi connectivity index (χ2v) is 10.1. The van der Waals surface area contributed by atoms with Gasteiger partial charge < -0.3 is 10.2 Å². The Bertz CT molecular complexity index is 1360. The first-order valence-corrected chi connectivity index (χ1v) is 12.4. The van der Waals surface area contributed by atoms with Crippen molar-refractivity contribution in [2.75, 3.05) is 13.1 Å². The number of carbonyl (C=O) groups is 2. The molecule has 4 heterocycles. The molecule has 1 fully saturated rings. The minimum atomic E-state index is -0.353. The van der Waals surface area contributed by atoms with Crippen LogP contribution in [0.4, 0.5) is 4.39 Å². The van der Waals surface area contributed by atoms with Crippen molar-refractivity contribution < 1.29 is 14.0 Å². The Morgan fingerprint density at radius 2 is 2.12 bits per heavy atom. The molecule has 10 heteroatoms. The molecule has 0 unspecified atom stereocenters. The predicted octanol–water partition coefficient (Wildman–Crippen LogP) is 4.31. The maximum Gasteiger partial charge on any atom is 0.274 e. The zero-order chi connectivity index (χ0) is 23.1. The van der Waals surface area contributed by atoms with E-state index in [0.717, 1.165) is 22.8 Å². The lowest BCUT2D eigenvalue weighted by atomic mass is 10.1. The number of hydrogen-bond acceptors (Lipinski definition) is 6. The minimum Gasteiger partial charge on any atom is -0.349 e. The number of halogens is 1. The largest absolute Gasteiger partial charge is 0.349 e. The van der Waals surface area contributed by atoms with Gasteiger partial charge in [0.25, 0.3) is 11.8 Å². The van der Waals surface area contributed by atoms with E-state index in [-0.39, 0.29) is 23.7 Å². The topological polar surface area (TPSA) is 79.6 Å². The molecule has 0 saturated carbocycles. The summed E-state index contributed by atoms with van der Waals surface area (Å²) in [5.74, 6) is -0.743. The fraction of sp³-hybridized carbons (Fsp3) is 0.304. The van der Waals surface area contributed by atoms with Gasteiger partial charge >= 0.3 is 0 Å². The number of aromatic nitrogens is 3. The van der Waals surface area contributed by atoms with Gasteiger partial charge in [-0.05, 0) is 44.4 Å². The van der Waals surface area contributed by atoms with Gasteiger partial charge in [0.1, 0.15) is 17.2 Å². The third-order valence-electron chi connectivity index (χ3n) is 5.81. The lowest BCUT2D eigenvalue weighted by Crippen LogP contribution is -2.43. The molecule has 2 amide bonds. The minimum absolute atomic E-state index is 0.130. The van der Waals surface area contributed by atoms with Crippen molar-refractivity contribution in [3.8, 4) is 10.4 Å². The van der Waals surface area contributed by atoms with Crippen LogP contribution in [-0.2, 0) is 0 Å². The van der Waals surface area contributed by atoms with Crippen LogP contribution in [-0.4, -0.2) is 50.2 Å². The highest BCUT2D eigenvalue weighted by Gasteiger charge is 2.33. The van der Waals surface area contributed by atoms with Gasteiger partial charge in [0.15, 0.2) is 4.96 Å². The number of hydrogen-bond donors (Lipinski definition) is 1. The van der Waals surface area contributed by atoms with Crippen molar-refractivity contribution >= 4 is 39.4 Å². The van der Waals surface area contributed by atoms with E-state index in [4.69, 9.17) is 0 Å². The smallest absolute Gasteiger partial charge is 0.274 e. The average molecular weight is 484 g/mol. The molecule has 0 radical (unpaired) electrons. The first-order valence-electron chi connectivity index (χ1n) is 10.7. The third kappa shape index (κ3) is 4.04. The summed E-state index contributed by atoms with van der Waals surface area (Å²) in [5.41, 5.74) is 2.18. The SMILES string of the molecule is Cc1nc(C(=O)N2CCC[C@H]2CNC(=O)c2c(C)nc3sccn23)c(-c2cccc(F)c2)s1. The summed E-state index contributed by atoms with van der Waals surface area (Å²) >= 11 is 2.86. The van der Waals surface area contributed by atoms with Gasteiger partial charge in [-0.3, -0.25) is 14.0 Å². The predicted molar refractivity (Wildman–Crippen MR) is 126 cm³/mol. The fourth-order valence-corrected chi connectivity index (χ4v) is 5.98. The van der Waals surface area contributed by atoms with E-state index in [0.29, 0.717) is 40.6 Å². The number of nitrogens with zero attached hydrogens (tertiary/aromatic N) is 4. The molecule has 1 aliphatic rings. The zero-order valence-corrected chi connectivity index (χ0v) is 19.8. The molecule has 0 spiro atoms. The number of aryl methyl sites for hydroxylation is 2. The molecule has 0 bridgehead atoms. The van der Waals surface area contributed by atoms with Gasteiger partial charge in [0.05, 0.1) is 15.6 Å². The Morgan fingerprint density at radius 1 is 1.27 bits per heavy atom. The van der Waals surface area contributed by atoms with Gasteiger partial charge in [0, 0.05) is 30.7 Å². The quantitative estimate of drug-likeness (QED) is 0.459. The van der Waals surface area contributed by atoms with Crippen LogP contribution in [0.15, 0.2) is 35.8 Å². The first-order chi connectivity index (χ1) is 15.9. The van der Waals surface area contributed by atoms with Crippen molar-refractivity contribution in [1.82, 2.24) is 24.6 Å². The van der Waals surface area contributed by atoms with Crippen molar-refractivity contribution in [3.05, 3.63) is 63.7 Å². The number of thiazole rings is 2. The number of likely N-dealkylation sites (tertiary alicyclic amines) is 1. The number of nitrogens with one attached hydrogen (secondary N) is 1. The summed E-state index contributed by atoms with van der Waals surface area (Å²) in [4.78, 5) is 38.5. The van der Waals surface area contributed by atoms with E-state index in [1.54, 1.807) is 21.4 Å². The molecule has 33 heavy (non-hydrogen) atoms. The van der Waals surface area contributed by atoms with Crippen LogP contribution in [0.5, 0.6) is 0 Å². The Balaban J connectivity index is 1.34. The highest BCUT2D eigenvalue weighted by Crippen LogP contribution is 2.33. The van der Waals surface area contributed by atoms with Gasteiger partial charge in [-0.25, -0.2) is 14.4 Å². The average Bonchev–Trinajstić information content (AvgIpc) is 3.55. The monoisotopic (exact) mass is 483 g/mol. The van der Waals surface area contributed by atoms with Gasteiger partial charge in [-0.1, -0.05) is 12.1 Å². The van der Waals surface area contributed by atoms with Crippen LogP contribution in [0.3, 0.4) is 0 Å². The number of amides is 2. The molecule has 1 atom stereocenters. The molecule has 0 aliphatic carbocycles. The zero-order valence-electron chi connectivity index (χ0n) is 18.2. The summed E-state index contributed by atoms with van der Waals surface area (Å²) in [6, 6.07) is 6.09. The number of carbonyl (C=O) groups excluding carboxylic acids is 2. The molecule has 1 aliphatic heterocycles. The first kappa shape index (κ1) is 21.7. The molecule has 1 N–H and O–H groups in total. The van der Waals surface area contributed by atoms with Crippen LogP contribution in [0.25, 0.3) is 15.4 Å². The van der Waals surface area contributed by atoms with Crippen LogP contribution in [0.2, 0.25) is 0 Å². The van der Waals surface area contributed by atoms with Crippen molar-refractivity contribution in [3.63, 3.8) is 0 Å². The molecule has 5 rings (SSSR count). The molecular weight excluding hydrogens is 461 g/mol. The third-order valence-corrected chi connectivity index (χ3v) is 7.59. The van der Waals surface area contributed by atoms with Gasteiger partial charge in [0.2, 0.25) is 0 Å². The molecule has 1 saturated heterocycles. The van der Waals surface area contributed by atoms with Crippen LogP contribution in [0, 0.1) is 19.7 Å². The molecule has 3 aromatic heterocycles. The van der Waals surface area contributed by atoms with Crippen LogP contribution in [0.1, 0.15) is 44.5 Å². The molecule has 4 aromatic rings. The van der Waals surface area contributed by atoms with Gasteiger partial charge in [-0.15, -0.1) is 22.7 Å². The van der Waals surface area contributed by atoms with E-state index in [9.17, 15) is 14.0 Å². The molecular formula is C23H22FN5O2S2. The lowest BCUT2D eigenvalue weighted by molar-refractivity contribution is 0.0720. The van der Waals surface area contributed by atoms with Crippen LogP contribution >= 0.6 is 22.7 Å². The Morgan fingerprint density at radius 3 is 2.94 bits per heavy atom. The molecule has 7 nitrogen and oxygen atoms in total. The van der Waals surface area contributed by atoms with E-state index < -0.39 is 0 Å². The van der Waals surface area contributed by atoms with Crippen molar-refractivity contribution in [2.24, 2.45) is 0 Å². The standard InChI is InChI=1S/C23H22FN5O2S2/c1-13-19(29-9-10-32-23(29)26-13)21(30)25-12-17-7-4-8-28(17)22(31)18-20(33-14(2)27-18)15-5-3-6-16(24)11-15/h3,5-6,9-11,17H,4,7-8,12H2,1-2H3,(H,25,30)/t17-/m0/s1. The lowest BCUT2D eigenvalue weighted by Gasteiger charge is -2.24. The van der Waals surface area contributed by atoms with Crippen molar-refractivity contribution in [1.29, 1.82) is 0 Å². The van der Waals surface area contributed by atoms with Crippen molar-refractivity contribution in [2.45, 2.75) is 32.7 Å². The Hall–Kier alpha value is -3.11. The molecule has 170 valence electrons. The maximum atomic E-state index is 13.8. The summed E-state index contributed by atoms with van der Waals surface area (Å²) in [7, 11) is 0. The number of fused-ring (bicyclic) bond motifs is 1. The molecule has 1 aromatic carbocycles. The van der Waals surface area contributed by atoms with E-state index in [1.807, 2.05) is 25.4 Å². The Labute approximate surface area is 197 Å². The highest BCUT2D eigenvalue weighted by atomic mass is 32.1. The van der Waals surface area contributed by atoms with E-state index >= 15 is 0 Å². The fourth-order valence-electron chi connectivity index (χ4n) is 4.31. The normalized spacial score (nSPS) is 16.0. The summed E-state index contributed by atoms with van der Waals surface area (Å²) in [6.07, 6.45) is 3.48. The summed E-state index contributed by atoms with van der Waals surface area (Å²) < 4.78 is 15.6. The number of benzene rings is 1. The summed E-state index contributed by atoms with van der Waals surface area (Å²) in [6.45, 7) is 4.60. The highest BCUT2D eigenvalue weighted by molar-refractivity contribution is 7.15. The number of rotatable bonds is 5. The Kier molecular flexibility index (Phi) is 5.71. The van der Waals surface area contributed by atoms with E-state index in [2.05, 4.69) is 15.3 Å².